The van der Waals surface area contributed by atoms with Crippen molar-refractivity contribution in [3.8, 4) is 11.3 Å². The van der Waals surface area contributed by atoms with Gasteiger partial charge in [-0.1, -0.05) is 94.4 Å². The summed E-state index contributed by atoms with van der Waals surface area (Å²) in [4.78, 5) is 124. The molecule has 0 unspecified atom stereocenters. The van der Waals surface area contributed by atoms with Crippen molar-refractivity contribution in [1.82, 2.24) is 69.2 Å². The number of piperidine rings is 1. The van der Waals surface area contributed by atoms with Gasteiger partial charge in [-0.2, -0.15) is 10.1 Å². The summed E-state index contributed by atoms with van der Waals surface area (Å²) in [6.07, 6.45) is 18.2. The summed E-state index contributed by atoms with van der Waals surface area (Å²) in [5.41, 5.74) is 22.6. The van der Waals surface area contributed by atoms with Gasteiger partial charge in [0, 0.05) is 186 Å². The van der Waals surface area contributed by atoms with E-state index in [0.717, 1.165) is 99.0 Å². The number of benzene rings is 2. The van der Waals surface area contributed by atoms with Crippen molar-refractivity contribution >= 4 is 81.0 Å². The number of piperazine rings is 2. The molecule has 16 atom stereocenters. The van der Waals surface area contributed by atoms with Gasteiger partial charge in [0.15, 0.2) is 17.8 Å². The number of oxazole rings is 1. The number of aliphatic hydroxyl groups excluding tert-OH is 3. The second-order valence-corrected chi connectivity index (χ2v) is 38.2. The van der Waals surface area contributed by atoms with Gasteiger partial charge >= 0.3 is 5.97 Å². The molecule has 1 saturated carbocycles. The maximum Gasteiger partial charge on any atom is 0.329 e. The van der Waals surface area contributed by atoms with Crippen LogP contribution in [0.3, 0.4) is 0 Å². The summed E-state index contributed by atoms with van der Waals surface area (Å²) < 4.78 is 44.1. The van der Waals surface area contributed by atoms with Crippen LogP contribution in [-0.2, 0) is 84.9 Å². The molecule has 0 spiro atoms. The Morgan fingerprint density at radius 1 is 0.704 bits per heavy atom. The second kappa shape index (κ2) is 45.1. The number of oxime groups is 1. The lowest BCUT2D eigenvalue weighted by Crippen LogP contribution is -2.61. The number of esters is 1. The van der Waals surface area contributed by atoms with Crippen molar-refractivity contribution in [3.63, 3.8) is 0 Å². The van der Waals surface area contributed by atoms with Gasteiger partial charge in [0.2, 0.25) is 17.7 Å². The number of cyclic esters (lactones) is 1. The number of anilines is 4. The molecule has 8 N–H and O–H groups in total. The number of ketones is 1. The Balaban J connectivity index is 0.512. The van der Waals surface area contributed by atoms with Crippen LogP contribution in [0.4, 0.5) is 23.7 Å². The third-order valence-electron chi connectivity index (χ3n) is 28.8. The molecule has 15 rings (SSSR count). The van der Waals surface area contributed by atoms with Crippen molar-refractivity contribution in [3.05, 3.63) is 142 Å². The number of fused-ring (bicyclic) bond motifs is 7. The van der Waals surface area contributed by atoms with E-state index in [-0.39, 0.29) is 80.0 Å². The van der Waals surface area contributed by atoms with Gasteiger partial charge in [0.25, 0.3) is 29.5 Å². The predicted molar refractivity (Wildman–Crippen MR) is 507 cm³/mol. The summed E-state index contributed by atoms with van der Waals surface area (Å²) in [5, 5.41) is 58.0. The van der Waals surface area contributed by atoms with Gasteiger partial charge in [-0.25, -0.2) is 39.4 Å². The maximum atomic E-state index is 14.8. The van der Waals surface area contributed by atoms with E-state index in [4.69, 9.17) is 64.2 Å². The number of rotatable bonds is 21. The highest BCUT2D eigenvalue weighted by atomic mass is 16.6. The second-order valence-electron chi connectivity index (χ2n) is 38.2. The van der Waals surface area contributed by atoms with Crippen molar-refractivity contribution < 1.29 is 82.1 Å². The van der Waals surface area contributed by atoms with Gasteiger partial charge in [0.05, 0.1) is 72.6 Å². The standard InChI is InChI=1S/C99H135N19O17/c1-60-16-12-11-13-17-61(2)81(128-8)50-74-24-19-66(7)99(127,135-74)90(123)94(125)117-29-15-14-18-77(117)95(126)133-82(63(4)46-67-21-25-78(119)83(48-67)129-9)51-79(120)62(3)45-65(6)88(122)89(130-10)86(64(5)44-60)110-132-58-84(121)115-31-28-75-73(57-115)54-104-98(108-75)114-38-34-112(35-39-114)41-43-131-42-40-111-32-36-113(37-33-111)97-102-52-72(53-103-97)93(124)116-30-27-69-47-68(20-22-71(69)56-116)55-118-92-85(91(100)105-59-106-92)87(109-118)70-23-26-80-76(49-70)107-96(101)134-80/h11-13,16-17,20,22-23,26,45,47,49,52-54,59-60,62-64,66-67,74,77-79,81-83,88-89,119-120,122,127H,14-15,18-19,21,24-25,27-44,46,48,50-51,55-58H2,1-10H3,(H2,101,107)(H2,100,105,106)/b13-11+,16-12+,61-17+,65-45+,110-86?/t60-,62-,63-,64-,66-,67+,74+,77+,78-,79-,81+,82+,83-,88-,89+,99-/m1/s1. The first-order valence-electron chi connectivity index (χ1n) is 48.1. The molecule has 3 amide bonds. The van der Waals surface area contributed by atoms with Crippen LogP contribution in [0.5, 0.6) is 0 Å². The van der Waals surface area contributed by atoms with Crippen molar-refractivity contribution in [2.75, 3.05) is 147 Å². The molecule has 2 aromatic carbocycles. The van der Waals surface area contributed by atoms with E-state index in [1.807, 2.05) is 79.9 Å². The Morgan fingerprint density at radius 2 is 1.44 bits per heavy atom. The monoisotopic (exact) mass is 1860 g/mol. The maximum absolute atomic E-state index is 14.8. The Hall–Kier alpha value is -10.6. The molecule has 135 heavy (non-hydrogen) atoms. The number of carbonyl (C=O) groups is 5. The summed E-state index contributed by atoms with van der Waals surface area (Å²) in [6.45, 7) is 24.2. The Labute approximate surface area is 788 Å². The third kappa shape index (κ3) is 23.8. The third-order valence-corrected chi connectivity index (χ3v) is 28.8. The Morgan fingerprint density at radius 3 is 2.18 bits per heavy atom. The van der Waals surface area contributed by atoms with Gasteiger partial charge in [0.1, 0.15) is 47.7 Å². The smallest absolute Gasteiger partial charge is 0.329 e. The van der Waals surface area contributed by atoms with Crippen LogP contribution in [0.15, 0.2) is 118 Å². The van der Waals surface area contributed by atoms with Gasteiger partial charge in [-0.05, 0) is 148 Å². The molecule has 1 aliphatic carbocycles. The van der Waals surface area contributed by atoms with Crippen LogP contribution in [0.25, 0.3) is 33.4 Å². The molecule has 5 fully saturated rings. The Kier molecular flexibility index (Phi) is 33.0. The molecule has 5 aromatic heterocycles. The lowest BCUT2D eigenvalue weighted by atomic mass is 9.78. The summed E-state index contributed by atoms with van der Waals surface area (Å²) in [6, 6.07) is 10.8. The number of allylic oxidation sites excluding steroid dienone is 5. The minimum Gasteiger partial charge on any atom is -0.460 e. The predicted octanol–water partition coefficient (Wildman–Crippen LogP) is 8.26. The van der Waals surface area contributed by atoms with Crippen LogP contribution < -0.4 is 21.3 Å². The van der Waals surface area contributed by atoms with E-state index in [1.165, 1.54) is 23.9 Å². The highest BCUT2D eigenvalue weighted by Crippen LogP contribution is 2.41. The fourth-order valence-corrected chi connectivity index (χ4v) is 20.4. The van der Waals surface area contributed by atoms with E-state index in [2.05, 4.69) is 80.9 Å². The first-order valence-corrected chi connectivity index (χ1v) is 48.1. The number of nitrogen functional groups attached to an aromatic ring is 2. The van der Waals surface area contributed by atoms with Crippen LogP contribution in [0.2, 0.25) is 0 Å². The summed E-state index contributed by atoms with van der Waals surface area (Å²) >= 11 is 0. The number of aliphatic hydroxyl groups is 4. The van der Waals surface area contributed by atoms with Gasteiger partial charge < -0.3 is 94.1 Å². The molecule has 0 radical (unpaired) electrons. The molecule has 2 bridgehead atoms. The fraction of sp³-hybridized carbons (Fsp3) is 0.596. The highest BCUT2D eigenvalue weighted by molar-refractivity contribution is 6.39. The number of carbonyl (C=O) groups excluding carboxylic acids is 5. The molecular formula is C99H135N19O17. The lowest BCUT2D eigenvalue weighted by molar-refractivity contribution is -0.265. The van der Waals surface area contributed by atoms with E-state index in [9.17, 15) is 44.4 Å². The van der Waals surface area contributed by atoms with Crippen LogP contribution in [-0.4, -0.2) is 312 Å². The van der Waals surface area contributed by atoms with E-state index in [0.29, 0.717) is 172 Å². The van der Waals surface area contributed by atoms with Crippen LogP contribution in [0.1, 0.15) is 164 Å². The summed E-state index contributed by atoms with van der Waals surface area (Å²) in [5.74, 6) is -6.16. The number of methoxy groups -OCH3 is 3. The lowest BCUT2D eigenvalue weighted by Gasteiger charge is -2.43. The zero-order chi connectivity index (χ0) is 95.3. The summed E-state index contributed by atoms with van der Waals surface area (Å²) in [7, 11) is 4.65. The number of hydrogen-bond acceptors (Lipinski definition) is 32. The minimum atomic E-state index is -2.46. The van der Waals surface area contributed by atoms with E-state index in [1.54, 1.807) is 57.5 Å². The van der Waals surface area contributed by atoms with Crippen LogP contribution in [0, 0.1) is 35.5 Å². The molecule has 36 heteroatoms. The zero-order valence-corrected chi connectivity index (χ0v) is 79.6. The minimum absolute atomic E-state index is 0.0268. The first-order chi connectivity index (χ1) is 65.1. The number of Topliss-reactive ketones (excluding diaryl/α,β-unsaturated/α-hetero) is 1. The topological polar surface area (TPSA) is 439 Å². The van der Waals surface area contributed by atoms with Crippen molar-refractivity contribution in [2.24, 2.45) is 40.7 Å². The van der Waals surface area contributed by atoms with Crippen LogP contribution >= 0.6 is 0 Å². The quantitative estimate of drug-likeness (QED) is 0.0129. The average molecular weight is 1860 g/mol. The van der Waals surface area contributed by atoms with E-state index < -0.39 is 90.7 Å². The average Bonchev–Trinajstić information content (AvgIpc) is 1.59. The van der Waals surface area contributed by atoms with Crippen molar-refractivity contribution in [1.29, 1.82) is 0 Å². The largest absolute Gasteiger partial charge is 0.460 e. The number of amides is 3. The number of nitrogens with two attached hydrogens (primary N) is 2. The highest BCUT2D eigenvalue weighted by Gasteiger charge is 2.54. The molecule has 7 aromatic rings. The molecule has 7 aliphatic heterocycles. The number of hydrogen-bond donors (Lipinski definition) is 6. The molecular weight excluding hydrogens is 1730 g/mol. The first kappa shape index (κ1) is 98.9. The van der Waals surface area contributed by atoms with Gasteiger partial charge in [-0.3, -0.25) is 29.0 Å². The normalized spacial score (nSPS) is 29.1. The van der Waals surface area contributed by atoms with Crippen molar-refractivity contribution in [2.45, 2.75) is 219 Å². The Bertz CT molecular complexity index is 5440. The molecule has 12 heterocycles. The SMILES string of the molecule is CO[C@H]1C[C@@H]2CC[C@@H](C)[C@@](O)(O2)C(=O)C(=O)N2CCCC[C@H]2C(=O)O[C@H]([C@H](C)C[C@@H]2CC[C@@H](O)[C@H](OC)C2)C[C@@H](O)[C@H](C)/C=C(\C)[C@@H](O)[C@@H](OC)C(=NOCC(=O)N2CCc3nc(N4CCN(CCOCCN5CCN(c6ncc(C(=O)N7CCc8cc(Cn9nc(-c%10ccc%11oc(N)nc%11c%10)c%10c(N)ncnc%109)ccc8C7)cn6)CC5)CC4)ncc3C2)[C@H](C)C[C@H](C)/C=C/C=C/C=C/1C. The molecule has 36 nitrogen and oxygen atoms in total. The fourth-order valence-electron chi connectivity index (χ4n) is 20.4. The number of nitrogens with zero attached hydrogens (tertiary/aromatic N) is 17. The van der Waals surface area contributed by atoms with E-state index >= 15 is 0 Å². The molecule has 728 valence electrons. The molecule has 4 saturated heterocycles. The number of ether oxygens (including phenoxy) is 6. The van der Waals surface area contributed by atoms with Gasteiger partial charge in [-0.15, -0.1) is 0 Å². The zero-order valence-electron chi connectivity index (χ0n) is 79.6. The number of aromatic nitrogens is 9. The molecule has 8 aliphatic rings.